The number of hydrogen-bond donors (Lipinski definition) is 3. The lowest BCUT2D eigenvalue weighted by atomic mass is 10.1. The molecule has 1 aromatic heterocycles. The minimum absolute atomic E-state index is 0.0368. The maximum Gasteiger partial charge on any atom is 0.334 e. The van der Waals surface area contributed by atoms with Gasteiger partial charge in [-0.25, -0.2) is 4.79 Å². The number of carbonyl (C=O) groups excluding carboxylic acids is 3. The summed E-state index contributed by atoms with van der Waals surface area (Å²) < 4.78 is 16.0. The van der Waals surface area contributed by atoms with Gasteiger partial charge in [0.1, 0.15) is 23.6 Å². The molecule has 2 atom stereocenters. The number of aryl methyl sites for hydroxylation is 1. The number of ether oxygens (including phenoxy) is 2. The minimum Gasteiger partial charge on any atom is -0.508 e. The van der Waals surface area contributed by atoms with Gasteiger partial charge in [-0.1, -0.05) is 5.16 Å². The van der Waals surface area contributed by atoms with Crippen LogP contribution >= 0.6 is 11.8 Å². The number of methoxy groups -OCH3 is 1. The fourth-order valence-electron chi connectivity index (χ4n) is 3.41. The zero-order valence-electron chi connectivity index (χ0n) is 19.2. The third kappa shape index (κ3) is 6.07. The van der Waals surface area contributed by atoms with Crippen LogP contribution in [0, 0.1) is 6.92 Å². The van der Waals surface area contributed by atoms with E-state index in [-0.39, 0.29) is 30.2 Å². The minimum atomic E-state index is -0.937. The second-order valence-electron chi connectivity index (χ2n) is 7.61. The van der Waals surface area contributed by atoms with Crippen LogP contribution in [-0.4, -0.2) is 58.5 Å². The van der Waals surface area contributed by atoms with Crippen LogP contribution < -0.4 is 25.8 Å². The lowest BCUT2D eigenvalue weighted by Gasteiger charge is -2.21. The van der Waals surface area contributed by atoms with Crippen molar-refractivity contribution in [1.82, 2.24) is 20.8 Å². The van der Waals surface area contributed by atoms with Gasteiger partial charge in [-0.05, 0) is 30.5 Å². The van der Waals surface area contributed by atoms with Gasteiger partial charge in [-0.15, -0.1) is 11.8 Å². The largest absolute Gasteiger partial charge is 0.508 e. The molecule has 0 saturated carbocycles. The summed E-state index contributed by atoms with van der Waals surface area (Å²) in [5.41, 5.74) is 0.269. The van der Waals surface area contributed by atoms with Crippen molar-refractivity contribution in [2.24, 2.45) is 0 Å². The molecule has 0 radical (unpaired) electrons. The van der Waals surface area contributed by atoms with Gasteiger partial charge < -0.3 is 29.7 Å². The van der Waals surface area contributed by atoms with Crippen molar-refractivity contribution in [2.75, 3.05) is 19.5 Å². The zero-order chi connectivity index (χ0) is 24.8. The number of phenols is 1. The van der Waals surface area contributed by atoms with E-state index in [1.165, 1.54) is 37.9 Å². The van der Waals surface area contributed by atoms with Crippen LogP contribution in [0.4, 0.5) is 0 Å². The Balaban J connectivity index is 2.09. The van der Waals surface area contributed by atoms with Crippen molar-refractivity contribution in [1.29, 1.82) is 0 Å². The molecular weight excluding hydrogens is 464 g/mol. The number of thioether (sulfide) groups is 1. The summed E-state index contributed by atoms with van der Waals surface area (Å²) in [4.78, 5) is 41.6. The molecule has 0 bridgehead atoms. The summed E-state index contributed by atoms with van der Waals surface area (Å²) in [7, 11) is 1.44. The average molecular weight is 491 g/mol. The van der Waals surface area contributed by atoms with Crippen molar-refractivity contribution in [2.45, 2.75) is 39.3 Å². The fraction of sp³-hybridized carbons (Fsp3) is 0.409. The maximum absolute atomic E-state index is 13.0. The number of amides is 2. The smallest absolute Gasteiger partial charge is 0.334 e. The number of fused-ring (bicyclic) bond motifs is 1. The van der Waals surface area contributed by atoms with E-state index >= 15 is 0 Å². The molecule has 2 amide bonds. The molecule has 12 heteroatoms. The molecule has 1 aliphatic rings. The molecule has 0 aliphatic carbocycles. The first-order valence-corrected chi connectivity index (χ1v) is 11.5. The van der Waals surface area contributed by atoms with Crippen molar-refractivity contribution in [3.8, 4) is 11.5 Å². The maximum atomic E-state index is 13.0. The van der Waals surface area contributed by atoms with Crippen LogP contribution in [0.3, 0.4) is 0 Å². The Morgan fingerprint density at radius 3 is 2.74 bits per heavy atom. The summed E-state index contributed by atoms with van der Waals surface area (Å²) in [6, 6.07) is 1.32. The summed E-state index contributed by atoms with van der Waals surface area (Å²) >= 11 is 1.30. The van der Waals surface area contributed by atoms with Crippen LogP contribution in [0.25, 0.3) is 11.0 Å². The molecule has 11 nitrogen and oxygen atoms in total. The molecular formula is C22H26N4O7S. The first-order valence-electron chi connectivity index (χ1n) is 10.4. The number of nitrogens with zero attached hydrogens (tertiary/aromatic N) is 2. The van der Waals surface area contributed by atoms with Crippen LogP contribution in [0.5, 0.6) is 11.5 Å². The highest BCUT2D eigenvalue weighted by atomic mass is 32.2. The fourth-order valence-corrected chi connectivity index (χ4v) is 4.29. The quantitative estimate of drug-likeness (QED) is 0.503. The number of hydrogen-bond acceptors (Lipinski definition) is 10. The number of aromatic nitrogens is 2. The number of rotatable bonds is 3. The number of benzene rings is 1. The lowest BCUT2D eigenvalue weighted by molar-refractivity contribution is -0.138. The molecule has 2 aromatic rings. The van der Waals surface area contributed by atoms with Crippen molar-refractivity contribution >= 4 is 40.5 Å². The van der Waals surface area contributed by atoms with E-state index in [1.807, 2.05) is 0 Å². The first-order chi connectivity index (χ1) is 16.2. The zero-order valence-corrected chi connectivity index (χ0v) is 20.0. The molecule has 3 N–H and O–H groups in total. The van der Waals surface area contributed by atoms with Gasteiger partial charge in [-0.2, -0.15) is 4.98 Å². The predicted molar refractivity (Wildman–Crippen MR) is 123 cm³/mol. The van der Waals surface area contributed by atoms with Crippen LogP contribution in [0.15, 0.2) is 16.7 Å². The molecule has 34 heavy (non-hydrogen) atoms. The number of aromatic hydroxyl groups is 1. The number of esters is 1. The highest BCUT2D eigenvalue weighted by molar-refractivity contribution is 8.06. The van der Waals surface area contributed by atoms with Gasteiger partial charge in [0, 0.05) is 36.0 Å². The molecule has 1 aliphatic heterocycles. The first kappa shape index (κ1) is 25.1. The Morgan fingerprint density at radius 2 is 2.09 bits per heavy atom. The van der Waals surface area contributed by atoms with E-state index in [9.17, 15) is 19.5 Å². The second-order valence-corrected chi connectivity index (χ2v) is 8.51. The molecule has 0 saturated heterocycles. The molecule has 2 heterocycles. The highest BCUT2D eigenvalue weighted by Gasteiger charge is 2.27. The van der Waals surface area contributed by atoms with E-state index in [0.29, 0.717) is 27.8 Å². The third-order valence-corrected chi connectivity index (χ3v) is 5.93. The van der Waals surface area contributed by atoms with E-state index < -0.39 is 29.9 Å². The molecule has 0 spiro atoms. The molecule has 1 aromatic carbocycles. The summed E-state index contributed by atoms with van der Waals surface area (Å²) in [6.07, 6.45) is 0.0544. The Hall–Kier alpha value is -3.54. The van der Waals surface area contributed by atoms with E-state index in [0.717, 1.165) is 0 Å². The Kier molecular flexibility index (Phi) is 8.16. The van der Waals surface area contributed by atoms with E-state index in [1.54, 1.807) is 19.3 Å². The molecule has 0 fully saturated rings. The SMILES string of the molecule is COc1cc(O)cc2c1=C(C)C(=O)OCC[C@H](NC(C)=O)C(=O)N[C@H](c1nc(C)no1)CSC=2. The summed E-state index contributed by atoms with van der Waals surface area (Å²) in [5, 5.41) is 22.1. The van der Waals surface area contributed by atoms with Gasteiger partial charge >= 0.3 is 5.97 Å². The second kappa shape index (κ2) is 11.1. The average Bonchev–Trinajstić information content (AvgIpc) is 3.21. The number of nitrogens with one attached hydrogen (secondary N) is 2. The number of carbonyl (C=O) groups is 3. The molecule has 182 valence electrons. The third-order valence-electron chi connectivity index (χ3n) is 4.98. The van der Waals surface area contributed by atoms with E-state index in [2.05, 4.69) is 20.8 Å². The Labute approximate surface area is 199 Å². The van der Waals surface area contributed by atoms with Crippen LogP contribution in [0.2, 0.25) is 0 Å². The monoisotopic (exact) mass is 490 g/mol. The van der Waals surface area contributed by atoms with Crippen molar-refractivity contribution < 1.29 is 33.5 Å². The van der Waals surface area contributed by atoms with Crippen LogP contribution in [0.1, 0.15) is 38.0 Å². The predicted octanol–water partition coefficient (Wildman–Crippen LogP) is 0.0431. The Morgan fingerprint density at radius 1 is 1.32 bits per heavy atom. The summed E-state index contributed by atoms with van der Waals surface area (Å²) in [5.74, 6) is -0.307. The van der Waals surface area contributed by atoms with Gasteiger partial charge in [0.2, 0.25) is 17.7 Å². The van der Waals surface area contributed by atoms with Crippen molar-refractivity contribution in [3.63, 3.8) is 0 Å². The number of phenolic OH excluding ortho intramolecular Hbond substituents is 1. The number of cyclic esters (lactones) is 1. The topological polar surface area (TPSA) is 153 Å². The highest BCUT2D eigenvalue weighted by Crippen LogP contribution is 2.19. The Bertz CT molecular complexity index is 1210. The van der Waals surface area contributed by atoms with Crippen LogP contribution in [-0.2, 0) is 19.1 Å². The van der Waals surface area contributed by atoms with Crippen molar-refractivity contribution in [3.05, 3.63) is 34.3 Å². The molecule has 0 unspecified atom stereocenters. The normalized spacial score (nSPS) is 19.7. The van der Waals surface area contributed by atoms with Gasteiger partial charge in [0.25, 0.3) is 0 Å². The van der Waals surface area contributed by atoms with Gasteiger partial charge in [-0.3, -0.25) is 9.59 Å². The lowest BCUT2D eigenvalue weighted by Crippen LogP contribution is -2.48. The van der Waals surface area contributed by atoms with Gasteiger partial charge in [0.15, 0.2) is 5.82 Å². The molecule has 3 rings (SSSR count). The van der Waals surface area contributed by atoms with E-state index in [4.69, 9.17) is 14.0 Å². The van der Waals surface area contributed by atoms with Gasteiger partial charge in [0.05, 0.1) is 13.7 Å². The summed E-state index contributed by atoms with van der Waals surface area (Å²) in [6.45, 7) is 4.43. The standard InChI is InChI=1S/C22H26N4O7S/c1-11-19-14(7-15(28)8-18(19)31-4)9-34-10-17(21-23-12(2)26-33-21)25-20(29)16(24-13(3)27)5-6-32-22(11)30/h7-9,16-17,28H,5-6,10H2,1-4H3,(H,24,27)(H,25,29)/t16-,17-/m0/s1.